The van der Waals surface area contributed by atoms with Gasteiger partial charge in [0.25, 0.3) is 0 Å². The maximum atomic E-state index is 12.5. The Labute approximate surface area is 156 Å². The van der Waals surface area contributed by atoms with Crippen molar-refractivity contribution in [3.63, 3.8) is 0 Å². The third kappa shape index (κ3) is 4.68. The molecule has 2 aliphatic rings. The highest BCUT2D eigenvalue weighted by molar-refractivity contribution is 9.10. The van der Waals surface area contributed by atoms with Crippen LogP contribution in [0.25, 0.3) is 0 Å². The second-order valence-electron chi connectivity index (χ2n) is 6.12. The molecule has 0 aromatic carbocycles. The molecule has 0 spiro atoms. The summed E-state index contributed by atoms with van der Waals surface area (Å²) in [6.45, 7) is 2.15. The fraction of sp³-hybridized carbons (Fsp3) is 0.562. The minimum absolute atomic E-state index is 0. The first kappa shape index (κ1) is 19.1. The van der Waals surface area contributed by atoms with E-state index >= 15 is 0 Å². The van der Waals surface area contributed by atoms with E-state index in [2.05, 4.69) is 31.5 Å². The van der Waals surface area contributed by atoms with Gasteiger partial charge in [0.2, 0.25) is 11.8 Å². The van der Waals surface area contributed by atoms with Crippen molar-refractivity contribution < 1.29 is 9.59 Å². The number of piperidine rings is 1. The van der Waals surface area contributed by atoms with Gasteiger partial charge in [-0.3, -0.25) is 9.59 Å². The quantitative estimate of drug-likeness (QED) is 0.791. The van der Waals surface area contributed by atoms with Gasteiger partial charge in [0.05, 0.1) is 12.0 Å². The number of amides is 2. The summed E-state index contributed by atoms with van der Waals surface area (Å²) in [7, 11) is 0. The van der Waals surface area contributed by atoms with Crippen LogP contribution in [0.3, 0.4) is 0 Å². The topological polar surface area (TPSA) is 74.3 Å². The van der Waals surface area contributed by atoms with Crippen molar-refractivity contribution >= 4 is 46.0 Å². The Morgan fingerprint density at radius 3 is 2.79 bits per heavy atom. The van der Waals surface area contributed by atoms with Gasteiger partial charge in [-0.25, -0.2) is 4.98 Å². The van der Waals surface area contributed by atoms with Crippen LogP contribution in [0, 0.1) is 5.92 Å². The highest BCUT2D eigenvalue weighted by Crippen LogP contribution is 2.21. The largest absolute Gasteiger partial charge is 0.341 e. The summed E-state index contributed by atoms with van der Waals surface area (Å²) in [5.74, 6) is 0.456. The molecule has 8 heteroatoms. The molecule has 2 aliphatic heterocycles. The minimum atomic E-state index is -0.167. The molecule has 0 bridgehead atoms. The molecule has 2 unspecified atom stereocenters. The highest BCUT2D eigenvalue weighted by Gasteiger charge is 2.32. The molecular weight excluding hydrogens is 396 g/mol. The lowest BCUT2D eigenvalue weighted by molar-refractivity contribution is -0.136. The van der Waals surface area contributed by atoms with E-state index < -0.39 is 0 Å². The molecular formula is C16H22BrClN4O2. The van der Waals surface area contributed by atoms with E-state index in [-0.39, 0.29) is 36.2 Å². The number of aromatic nitrogens is 1. The third-order valence-electron chi connectivity index (χ3n) is 4.44. The molecule has 0 radical (unpaired) electrons. The Morgan fingerprint density at radius 1 is 1.29 bits per heavy atom. The average molecular weight is 418 g/mol. The van der Waals surface area contributed by atoms with Gasteiger partial charge >= 0.3 is 0 Å². The van der Waals surface area contributed by atoms with Crippen molar-refractivity contribution in [3.8, 4) is 0 Å². The molecule has 2 atom stereocenters. The Hall–Kier alpha value is -1.18. The standard InChI is InChI=1S/C16H21BrN4O2.ClH/c17-12-5-6-14(19-9-12)20-15(22)11-3-2-8-21(10-11)16(23)13-4-1-7-18-13;/h5-6,9,11,13,18H,1-4,7-8,10H2,(H,19,20,22);1H. The van der Waals surface area contributed by atoms with Crippen LogP contribution in [0.5, 0.6) is 0 Å². The molecule has 3 heterocycles. The number of hydrogen-bond acceptors (Lipinski definition) is 4. The summed E-state index contributed by atoms with van der Waals surface area (Å²) < 4.78 is 0.869. The predicted molar refractivity (Wildman–Crippen MR) is 98.1 cm³/mol. The SMILES string of the molecule is Cl.O=C(Nc1ccc(Br)cn1)C1CCCN(C(=O)C2CCCN2)C1. The molecule has 6 nitrogen and oxygen atoms in total. The van der Waals surface area contributed by atoms with E-state index in [9.17, 15) is 9.59 Å². The normalized spacial score (nSPS) is 23.5. The number of nitrogens with zero attached hydrogens (tertiary/aromatic N) is 2. The summed E-state index contributed by atoms with van der Waals surface area (Å²) in [4.78, 5) is 30.9. The second-order valence-corrected chi connectivity index (χ2v) is 7.04. The summed E-state index contributed by atoms with van der Waals surface area (Å²) in [5.41, 5.74) is 0. The van der Waals surface area contributed by atoms with Crippen LogP contribution in [0.4, 0.5) is 5.82 Å². The first-order valence-corrected chi connectivity index (χ1v) is 8.87. The molecule has 2 fully saturated rings. The lowest BCUT2D eigenvalue weighted by Crippen LogP contribution is -2.49. The lowest BCUT2D eigenvalue weighted by Gasteiger charge is -2.33. The Balaban J connectivity index is 0.00000208. The Bertz CT molecular complexity index is 578. The fourth-order valence-electron chi connectivity index (χ4n) is 3.19. The third-order valence-corrected chi connectivity index (χ3v) is 4.91. The highest BCUT2D eigenvalue weighted by atomic mass is 79.9. The minimum Gasteiger partial charge on any atom is -0.341 e. The van der Waals surface area contributed by atoms with Gasteiger partial charge in [0, 0.05) is 23.8 Å². The summed E-state index contributed by atoms with van der Waals surface area (Å²) in [6.07, 6.45) is 5.27. The lowest BCUT2D eigenvalue weighted by atomic mass is 9.96. The molecule has 0 saturated carbocycles. The van der Waals surface area contributed by atoms with Crippen molar-refractivity contribution in [1.29, 1.82) is 0 Å². The van der Waals surface area contributed by atoms with Gasteiger partial charge in [-0.1, -0.05) is 0 Å². The van der Waals surface area contributed by atoms with Crippen LogP contribution in [-0.2, 0) is 9.59 Å². The average Bonchev–Trinajstić information content (AvgIpc) is 3.11. The number of rotatable bonds is 3. The van der Waals surface area contributed by atoms with Crippen LogP contribution >= 0.6 is 28.3 Å². The Morgan fingerprint density at radius 2 is 2.12 bits per heavy atom. The van der Waals surface area contributed by atoms with Crippen molar-refractivity contribution in [1.82, 2.24) is 15.2 Å². The van der Waals surface area contributed by atoms with Crippen molar-refractivity contribution in [2.24, 2.45) is 5.92 Å². The van der Waals surface area contributed by atoms with E-state index in [0.29, 0.717) is 12.4 Å². The van der Waals surface area contributed by atoms with Crippen molar-refractivity contribution in [2.75, 3.05) is 25.0 Å². The number of pyridine rings is 1. The summed E-state index contributed by atoms with van der Waals surface area (Å²) in [6, 6.07) is 3.53. The molecule has 1 aromatic heterocycles. The first-order chi connectivity index (χ1) is 11.1. The zero-order valence-electron chi connectivity index (χ0n) is 13.3. The zero-order chi connectivity index (χ0) is 16.2. The van der Waals surface area contributed by atoms with Crippen LogP contribution in [-0.4, -0.2) is 47.4 Å². The van der Waals surface area contributed by atoms with E-state index in [4.69, 9.17) is 0 Å². The monoisotopic (exact) mass is 416 g/mol. The number of likely N-dealkylation sites (tertiary alicyclic amines) is 1. The molecule has 2 saturated heterocycles. The van der Waals surface area contributed by atoms with Crippen LogP contribution in [0.2, 0.25) is 0 Å². The maximum absolute atomic E-state index is 12.5. The van der Waals surface area contributed by atoms with Crippen molar-refractivity contribution in [3.05, 3.63) is 22.8 Å². The number of nitrogens with one attached hydrogen (secondary N) is 2. The number of carbonyl (C=O) groups is 2. The van der Waals surface area contributed by atoms with E-state index in [1.165, 1.54) is 0 Å². The molecule has 3 rings (SSSR count). The smallest absolute Gasteiger partial charge is 0.239 e. The van der Waals surface area contributed by atoms with Gasteiger partial charge < -0.3 is 15.5 Å². The van der Waals surface area contributed by atoms with Gasteiger partial charge in [0.15, 0.2) is 0 Å². The number of hydrogen-bond donors (Lipinski definition) is 2. The van der Waals surface area contributed by atoms with Crippen LogP contribution < -0.4 is 10.6 Å². The summed E-state index contributed by atoms with van der Waals surface area (Å²) in [5, 5.41) is 6.08. The number of halogens is 2. The number of anilines is 1. The van der Waals surface area contributed by atoms with Crippen LogP contribution in [0.1, 0.15) is 25.7 Å². The molecule has 1 aromatic rings. The van der Waals surface area contributed by atoms with Gasteiger partial charge in [-0.15, -0.1) is 12.4 Å². The second kappa shape index (κ2) is 8.78. The molecule has 132 valence electrons. The van der Waals surface area contributed by atoms with E-state index in [1.807, 2.05) is 11.0 Å². The van der Waals surface area contributed by atoms with Crippen LogP contribution in [0.15, 0.2) is 22.8 Å². The van der Waals surface area contributed by atoms with Gasteiger partial charge in [0.1, 0.15) is 5.82 Å². The first-order valence-electron chi connectivity index (χ1n) is 8.08. The molecule has 2 N–H and O–H groups in total. The zero-order valence-corrected chi connectivity index (χ0v) is 15.7. The molecule has 2 amide bonds. The fourth-order valence-corrected chi connectivity index (χ4v) is 3.42. The van der Waals surface area contributed by atoms with Gasteiger partial charge in [-0.2, -0.15) is 0 Å². The molecule has 0 aliphatic carbocycles. The van der Waals surface area contributed by atoms with E-state index in [0.717, 1.165) is 43.2 Å². The van der Waals surface area contributed by atoms with Gasteiger partial charge in [-0.05, 0) is 60.3 Å². The summed E-state index contributed by atoms with van der Waals surface area (Å²) >= 11 is 3.32. The molecule has 24 heavy (non-hydrogen) atoms. The predicted octanol–water partition coefficient (Wildman–Crippen LogP) is 2.19. The van der Waals surface area contributed by atoms with Crippen molar-refractivity contribution in [2.45, 2.75) is 31.7 Å². The van der Waals surface area contributed by atoms with E-state index in [1.54, 1.807) is 12.3 Å². The Kier molecular flexibility index (Phi) is 7.01. The number of carbonyl (C=O) groups excluding carboxylic acids is 2. The maximum Gasteiger partial charge on any atom is 0.239 e.